The van der Waals surface area contributed by atoms with Crippen LogP contribution in [0.15, 0.2) is 168 Å². The predicted octanol–water partition coefficient (Wildman–Crippen LogP) is 16.7. The molecule has 2 aromatic heterocycles. The van der Waals surface area contributed by atoms with Crippen molar-refractivity contribution in [3.63, 3.8) is 0 Å². The minimum atomic E-state index is 0. The Morgan fingerprint density at radius 3 is 1.10 bits per heavy atom. The molecule has 0 bridgehead atoms. The van der Waals surface area contributed by atoms with Crippen LogP contribution < -0.4 is 0 Å². The normalized spacial score (nSPS) is 21.3. The zero-order valence-electron chi connectivity index (χ0n) is 34.7. The molecule has 6 heteroatoms. The molecule has 0 nitrogen and oxygen atoms in total. The van der Waals surface area contributed by atoms with E-state index in [1.54, 1.807) is 33.4 Å². The van der Waals surface area contributed by atoms with Crippen LogP contribution in [0.2, 0.25) is 0 Å². The van der Waals surface area contributed by atoms with Gasteiger partial charge in [0.2, 0.25) is 0 Å². The van der Waals surface area contributed by atoms with Gasteiger partial charge in [-0.1, -0.05) is 121 Å². The van der Waals surface area contributed by atoms with Gasteiger partial charge in [-0.15, -0.1) is 46.2 Å². The van der Waals surface area contributed by atoms with Crippen molar-refractivity contribution in [3.8, 4) is 20.9 Å². The molecular weight excluding hydrogens is 1070 g/mol. The Labute approximate surface area is 409 Å². The Kier molecular flexibility index (Phi) is 13.3. The summed E-state index contributed by atoms with van der Waals surface area (Å²) in [7, 11) is 0. The van der Waals surface area contributed by atoms with Crippen LogP contribution in [0, 0.1) is 45.0 Å². The van der Waals surface area contributed by atoms with E-state index in [2.05, 4.69) is 197 Å². The first-order chi connectivity index (χ1) is 28.3. The van der Waals surface area contributed by atoms with Crippen LogP contribution in [0.25, 0.3) is 41.8 Å². The second kappa shape index (κ2) is 18.2. The number of benzene rings is 4. The van der Waals surface area contributed by atoms with Gasteiger partial charge in [0, 0.05) is 79.0 Å². The summed E-state index contributed by atoms with van der Waals surface area (Å²) in [5.41, 5.74) is 17.9. The van der Waals surface area contributed by atoms with Gasteiger partial charge in [0.05, 0.1) is 9.49 Å². The van der Waals surface area contributed by atoms with Gasteiger partial charge < -0.3 is 0 Å². The van der Waals surface area contributed by atoms with Crippen molar-refractivity contribution in [1.82, 2.24) is 0 Å². The molecule has 60 heavy (non-hydrogen) atoms. The quantitative estimate of drug-likeness (QED) is 0.163. The number of hydrogen-bond donors (Lipinski definition) is 0. The molecule has 1 radical (unpaired) electrons. The molecule has 11 rings (SSSR count). The van der Waals surface area contributed by atoms with Gasteiger partial charge in [0.1, 0.15) is 0 Å². The zero-order chi connectivity index (χ0) is 39.4. The van der Waals surface area contributed by atoms with Crippen LogP contribution in [0.3, 0.4) is 0 Å². The molecular formula is C54H48S4UV. The second-order valence-electron chi connectivity index (χ2n) is 16.4. The molecule has 1 saturated carbocycles. The van der Waals surface area contributed by atoms with Crippen LogP contribution in [-0.4, -0.2) is 9.49 Å². The number of rotatable bonds is 6. The zero-order valence-corrected chi connectivity index (χ0v) is 43.5. The molecule has 2 atom stereocenters. The second-order valence-corrected chi connectivity index (χ2v) is 21.8. The number of aryl methyl sites for hydroxylation is 2. The van der Waals surface area contributed by atoms with Crippen LogP contribution in [0.4, 0.5) is 0 Å². The van der Waals surface area contributed by atoms with E-state index in [-0.39, 0.29) is 59.2 Å². The molecule has 0 saturated heterocycles. The minimum absolute atomic E-state index is 0. The average molecular weight is 1110 g/mol. The number of allylic oxidation sites excluding steroid dienone is 6. The fraction of sp³-hybridized carbons (Fsp3) is 0.222. The molecule has 0 N–H and O–H groups in total. The van der Waals surface area contributed by atoms with E-state index in [1.165, 1.54) is 101 Å². The monoisotopic (exact) mass is 1110 g/mol. The van der Waals surface area contributed by atoms with Crippen molar-refractivity contribution in [2.24, 2.45) is 0 Å². The summed E-state index contributed by atoms with van der Waals surface area (Å²) in [5.74, 6) is 0. The molecule has 0 spiro atoms. The van der Waals surface area contributed by atoms with Gasteiger partial charge in [-0.2, -0.15) is 0 Å². The van der Waals surface area contributed by atoms with Crippen LogP contribution in [0.5, 0.6) is 0 Å². The Morgan fingerprint density at radius 2 is 0.750 bits per heavy atom. The fourth-order valence-corrected chi connectivity index (χ4v) is 15.1. The van der Waals surface area contributed by atoms with Crippen molar-refractivity contribution in [3.05, 3.63) is 200 Å². The number of fused-ring (bicyclic) bond motifs is 4. The van der Waals surface area contributed by atoms with Gasteiger partial charge in [-0.25, -0.2) is 0 Å². The maximum absolute atomic E-state index is 2.52. The molecule has 6 aromatic rings. The first-order valence-corrected chi connectivity index (χ1v) is 24.0. The third-order valence-corrected chi connectivity index (χ3v) is 18.5. The van der Waals surface area contributed by atoms with Crippen LogP contribution in [0.1, 0.15) is 84.4 Å². The predicted molar refractivity (Wildman–Crippen MR) is 258 cm³/mol. The molecule has 297 valence electrons. The summed E-state index contributed by atoms with van der Waals surface area (Å²) in [6.07, 6.45) is 12.4. The van der Waals surface area contributed by atoms with E-state index in [9.17, 15) is 0 Å². The maximum Gasteiger partial charge on any atom is 0.0618 e. The van der Waals surface area contributed by atoms with Crippen LogP contribution >= 0.6 is 46.2 Å². The van der Waals surface area contributed by atoms with Crippen molar-refractivity contribution in [1.29, 1.82) is 0 Å². The van der Waals surface area contributed by atoms with Gasteiger partial charge in [-0.3, -0.25) is 0 Å². The topological polar surface area (TPSA) is 0 Å². The summed E-state index contributed by atoms with van der Waals surface area (Å²) in [6, 6.07) is 48.3. The molecule has 3 aliphatic carbocycles. The van der Waals surface area contributed by atoms with Crippen molar-refractivity contribution >= 4 is 67.2 Å². The SMILES string of the molecule is CC12SC(c3ccccc3)=CC1=C1CCCC1=C1C=C(c3ccccc3)SC12C.Cc1sc(-c2ccccc2)cc1C1=C(c2cc(-c3ccccc3)sc2C)CCC1.[U].[V]. The van der Waals surface area contributed by atoms with Crippen molar-refractivity contribution in [2.75, 3.05) is 0 Å². The summed E-state index contributed by atoms with van der Waals surface area (Å²) >= 11 is 8.03. The number of thioether (sulfide) groups is 2. The van der Waals surface area contributed by atoms with E-state index in [1.807, 2.05) is 22.7 Å². The fourth-order valence-electron chi connectivity index (χ4n) is 9.82. The molecule has 5 aliphatic rings. The maximum atomic E-state index is 2.52. The summed E-state index contributed by atoms with van der Waals surface area (Å²) < 4.78 is 0.128. The Balaban J connectivity index is 0.000000161. The van der Waals surface area contributed by atoms with E-state index in [4.69, 9.17) is 0 Å². The molecule has 4 heterocycles. The molecule has 0 amide bonds. The summed E-state index contributed by atoms with van der Waals surface area (Å²) in [5, 5.41) is 0. The molecule has 2 aliphatic heterocycles. The smallest absolute Gasteiger partial charge is 0.0618 e. The first-order valence-electron chi connectivity index (χ1n) is 20.7. The van der Waals surface area contributed by atoms with Crippen LogP contribution in [-0.2, 0) is 18.6 Å². The Bertz CT molecular complexity index is 2510. The molecule has 2 unspecified atom stereocenters. The Morgan fingerprint density at radius 1 is 0.433 bits per heavy atom. The standard InChI is InChI=1S/2C27H24S2.U.V/c1-26-22(16-24(28-26)18-10-5-3-6-11-18)20-14-9-15-21(20)23-17-25(29-27(23,26)2)19-12-7-4-8-13-19;1-18-24(16-26(28-18)20-10-5-3-6-11-20)22-14-9-15-23(22)25-17-27(29-19(25)2)21-12-7-4-8-13-21;;/h2*3-8,10-13,16-17H,9,14-15H2,1-2H3;;. The Hall–Kier alpha value is -2.68. The average Bonchev–Trinajstić information content (AvgIpc) is 4.13. The minimum Gasteiger partial charge on any atom is -0.140 e. The number of hydrogen-bond acceptors (Lipinski definition) is 4. The van der Waals surface area contributed by atoms with Gasteiger partial charge >= 0.3 is 0 Å². The summed E-state index contributed by atoms with van der Waals surface area (Å²) in [6.45, 7) is 9.56. The van der Waals surface area contributed by atoms with Gasteiger partial charge in [0.25, 0.3) is 0 Å². The third-order valence-electron chi connectivity index (χ3n) is 12.9. The largest absolute Gasteiger partial charge is 0.140 e. The molecule has 1 fully saturated rings. The van der Waals surface area contributed by atoms with E-state index >= 15 is 0 Å². The third kappa shape index (κ3) is 7.84. The van der Waals surface area contributed by atoms with Crippen molar-refractivity contribution < 1.29 is 49.7 Å². The molecule has 4 aromatic carbocycles. The van der Waals surface area contributed by atoms with E-state index in [0.717, 1.165) is 0 Å². The van der Waals surface area contributed by atoms with E-state index < -0.39 is 0 Å². The van der Waals surface area contributed by atoms with Gasteiger partial charge in [-0.05, 0) is 157 Å². The number of thiophene rings is 2. The first kappa shape index (κ1) is 43.9. The van der Waals surface area contributed by atoms with Gasteiger partial charge in [0.15, 0.2) is 0 Å². The van der Waals surface area contributed by atoms with E-state index in [0.29, 0.717) is 0 Å². The summed E-state index contributed by atoms with van der Waals surface area (Å²) in [4.78, 5) is 8.49. The van der Waals surface area contributed by atoms with Crippen molar-refractivity contribution in [2.45, 2.75) is 75.7 Å².